The van der Waals surface area contributed by atoms with E-state index in [9.17, 15) is 27.9 Å². The second-order valence-corrected chi connectivity index (χ2v) is 8.26. The molecule has 37 heavy (non-hydrogen) atoms. The van der Waals surface area contributed by atoms with Crippen molar-refractivity contribution in [2.45, 2.75) is 39.6 Å². The van der Waals surface area contributed by atoms with Crippen molar-refractivity contribution in [1.82, 2.24) is 4.90 Å². The fraction of sp³-hybridized carbons (Fsp3) is 0.286. The Morgan fingerprint density at radius 3 is 2.27 bits per heavy atom. The molecular formula is C28H28F3NO5. The highest BCUT2D eigenvalue weighted by Crippen LogP contribution is 2.37. The molecule has 0 aliphatic carbocycles. The van der Waals surface area contributed by atoms with Crippen LogP contribution in [0.1, 0.15) is 36.1 Å². The number of hydrogen-bond donors (Lipinski definition) is 1. The fourth-order valence-corrected chi connectivity index (χ4v) is 3.77. The Labute approximate surface area is 213 Å². The molecule has 0 spiro atoms. The minimum absolute atomic E-state index is 0.0162. The zero-order valence-corrected chi connectivity index (χ0v) is 20.5. The monoisotopic (exact) mass is 515 g/mol. The molecule has 0 fully saturated rings. The molecule has 0 aliphatic heterocycles. The van der Waals surface area contributed by atoms with Crippen LogP contribution >= 0.6 is 0 Å². The maximum atomic E-state index is 13.5. The van der Waals surface area contributed by atoms with E-state index in [0.29, 0.717) is 11.1 Å². The van der Waals surface area contributed by atoms with Crippen LogP contribution < -0.4 is 0 Å². The van der Waals surface area contributed by atoms with Crippen LogP contribution in [0.3, 0.4) is 0 Å². The van der Waals surface area contributed by atoms with Gasteiger partial charge < -0.3 is 19.5 Å². The van der Waals surface area contributed by atoms with Crippen LogP contribution in [0.15, 0.2) is 66.7 Å². The van der Waals surface area contributed by atoms with E-state index in [1.807, 2.05) is 6.07 Å². The molecule has 0 aromatic heterocycles. The van der Waals surface area contributed by atoms with Gasteiger partial charge in [-0.1, -0.05) is 42.5 Å². The number of esters is 1. The second-order valence-electron chi connectivity index (χ2n) is 8.26. The lowest BCUT2D eigenvalue weighted by Gasteiger charge is -2.23. The number of ether oxygens (including phenoxy) is 2. The molecule has 1 amide bonds. The summed E-state index contributed by atoms with van der Waals surface area (Å²) in [4.78, 5) is 26.0. The zero-order valence-electron chi connectivity index (χ0n) is 20.5. The number of alkyl halides is 3. The largest absolute Gasteiger partial charge is 0.507 e. The number of phenols is 1. The Kier molecular flexibility index (Phi) is 9.16. The molecule has 3 rings (SSSR count). The molecule has 0 saturated heterocycles. The average molecular weight is 516 g/mol. The number of nitrogens with zero attached hydrogens (tertiary/aromatic N) is 1. The Hall–Kier alpha value is -4.01. The lowest BCUT2D eigenvalue weighted by atomic mass is 9.94. The van der Waals surface area contributed by atoms with Crippen LogP contribution in [0, 0.1) is 0 Å². The van der Waals surface area contributed by atoms with Crippen molar-refractivity contribution in [2.75, 3.05) is 13.2 Å². The number of phenolic OH excluding ortho intramolecular Hbond substituents is 1. The number of benzene rings is 3. The summed E-state index contributed by atoms with van der Waals surface area (Å²) in [5.74, 6) is -0.645. The van der Waals surface area contributed by atoms with Gasteiger partial charge in [-0.3, -0.25) is 4.79 Å². The van der Waals surface area contributed by atoms with Crippen LogP contribution in [0.2, 0.25) is 0 Å². The van der Waals surface area contributed by atoms with Crippen molar-refractivity contribution in [3.8, 4) is 16.9 Å². The molecule has 0 atom stereocenters. The van der Waals surface area contributed by atoms with Gasteiger partial charge >= 0.3 is 18.2 Å². The molecule has 0 aliphatic rings. The number of halogens is 3. The molecule has 0 bridgehead atoms. The Morgan fingerprint density at radius 1 is 0.892 bits per heavy atom. The number of hydrogen-bond acceptors (Lipinski definition) is 5. The highest BCUT2D eigenvalue weighted by atomic mass is 19.4. The van der Waals surface area contributed by atoms with E-state index in [1.54, 1.807) is 44.2 Å². The Balaban J connectivity index is 1.94. The van der Waals surface area contributed by atoms with Gasteiger partial charge in [0.15, 0.2) is 0 Å². The molecule has 1 N–H and O–H groups in total. The minimum Gasteiger partial charge on any atom is -0.507 e. The molecule has 0 unspecified atom stereocenters. The van der Waals surface area contributed by atoms with Gasteiger partial charge in [0.25, 0.3) is 0 Å². The summed E-state index contributed by atoms with van der Waals surface area (Å²) in [5.41, 5.74) is 1.10. The molecule has 0 radical (unpaired) electrons. The van der Waals surface area contributed by atoms with Crippen LogP contribution in [0.5, 0.6) is 5.75 Å². The third kappa shape index (κ3) is 7.49. The van der Waals surface area contributed by atoms with Crippen LogP contribution in [-0.2, 0) is 40.0 Å². The standard InChI is InChI=1S/C28H28F3NO5/c1-3-32(27(35)37-18-19-8-6-5-7-9-19)17-21-16-22(28(29,30)31)11-12-23(21)24-14-20(10-13-25(24)33)15-26(34)36-4-2/h5-14,16,33H,3-4,15,17-18H2,1-2H3. The van der Waals surface area contributed by atoms with Crippen LogP contribution in [-0.4, -0.2) is 35.2 Å². The van der Waals surface area contributed by atoms with E-state index in [-0.39, 0.29) is 49.6 Å². The predicted octanol–water partition coefficient (Wildman–Crippen LogP) is 6.34. The normalized spacial score (nSPS) is 11.2. The van der Waals surface area contributed by atoms with E-state index >= 15 is 0 Å². The maximum absolute atomic E-state index is 13.5. The first-order valence-electron chi connectivity index (χ1n) is 11.8. The average Bonchev–Trinajstić information content (AvgIpc) is 2.87. The first-order chi connectivity index (χ1) is 17.6. The van der Waals surface area contributed by atoms with Crippen molar-refractivity contribution in [3.63, 3.8) is 0 Å². The SMILES string of the molecule is CCOC(=O)Cc1ccc(O)c(-c2ccc(C(F)(F)F)cc2CN(CC)C(=O)OCc2ccccc2)c1. The Bertz CT molecular complexity index is 1230. The van der Waals surface area contributed by atoms with Crippen molar-refractivity contribution >= 4 is 12.1 Å². The maximum Gasteiger partial charge on any atom is 0.416 e. The first kappa shape index (κ1) is 27.6. The molecule has 0 heterocycles. The lowest BCUT2D eigenvalue weighted by Crippen LogP contribution is -2.31. The molecule has 6 nitrogen and oxygen atoms in total. The van der Waals surface area contributed by atoms with Gasteiger partial charge in [0.05, 0.1) is 18.6 Å². The summed E-state index contributed by atoms with van der Waals surface area (Å²) in [6.07, 6.45) is -5.36. The van der Waals surface area contributed by atoms with E-state index in [1.165, 1.54) is 23.1 Å². The smallest absolute Gasteiger partial charge is 0.416 e. The number of aromatic hydroxyl groups is 1. The fourth-order valence-electron chi connectivity index (χ4n) is 3.77. The number of carbonyl (C=O) groups is 2. The summed E-state index contributed by atoms with van der Waals surface area (Å²) in [6.45, 7) is 3.58. The molecule has 3 aromatic carbocycles. The van der Waals surface area contributed by atoms with E-state index < -0.39 is 23.8 Å². The summed E-state index contributed by atoms with van der Waals surface area (Å²) in [6, 6.07) is 16.6. The summed E-state index contributed by atoms with van der Waals surface area (Å²) < 4.78 is 51.0. The third-order valence-corrected chi connectivity index (χ3v) is 5.64. The van der Waals surface area contributed by atoms with Gasteiger partial charge in [0.2, 0.25) is 0 Å². The minimum atomic E-state index is -4.61. The Morgan fingerprint density at radius 2 is 1.62 bits per heavy atom. The van der Waals surface area contributed by atoms with Gasteiger partial charge in [0, 0.05) is 18.7 Å². The van der Waals surface area contributed by atoms with Crippen molar-refractivity contribution in [1.29, 1.82) is 0 Å². The second kappa shape index (κ2) is 12.3. The molecule has 0 saturated carbocycles. The van der Waals surface area contributed by atoms with Gasteiger partial charge in [-0.15, -0.1) is 0 Å². The predicted molar refractivity (Wildman–Crippen MR) is 132 cm³/mol. The molecule has 3 aromatic rings. The summed E-state index contributed by atoms with van der Waals surface area (Å²) >= 11 is 0. The summed E-state index contributed by atoms with van der Waals surface area (Å²) in [5, 5.41) is 10.5. The van der Waals surface area contributed by atoms with Gasteiger partial charge in [-0.25, -0.2) is 4.79 Å². The van der Waals surface area contributed by atoms with Gasteiger partial charge in [-0.05, 0) is 60.4 Å². The third-order valence-electron chi connectivity index (χ3n) is 5.64. The lowest BCUT2D eigenvalue weighted by molar-refractivity contribution is -0.142. The topological polar surface area (TPSA) is 76.1 Å². The quantitative estimate of drug-likeness (QED) is 0.337. The van der Waals surface area contributed by atoms with E-state index in [0.717, 1.165) is 17.7 Å². The van der Waals surface area contributed by atoms with Crippen molar-refractivity contribution < 1.29 is 37.3 Å². The van der Waals surface area contributed by atoms with E-state index in [4.69, 9.17) is 9.47 Å². The van der Waals surface area contributed by atoms with Gasteiger partial charge in [-0.2, -0.15) is 13.2 Å². The number of rotatable bonds is 9. The summed E-state index contributed by atoms with van der Waals surface area (Å²) in [7, 11) is 0. The molecular weight excluding hydrogens is 487 g/mol. The highest BCUT2D eigenvalue weighted by molar-refractivity contribution is 5.78. The van der Waals surface area contributed by atoms with Gasteiger partial charge in [0.1, 0.15) is 12.4 Å². The molecule has 9 heteroatoms. The van der Waals surface area contributed by atoms with Crippen LogP contribution in [0.4, 0.5) is 18.0 Å². The highest BCUT2D eigenvalue weighted by Gasteiger charge is 2.31. The number of amides is 1. The molecule has 196 valence electrons. The van der Waals surface area contributed by atoms with E-state index in [2.05, 4.69) is 0 Å². The van der Waals surface area contributed by atoms with Crippen LogP contribution in [0.25, 0.3) is 11.1 Å². The van der Waals surface area contributed by atoms with Crippen molar-refractivity contribution in [3.05, 3.63) is 89.0 Å². The first-order valence-corrected chi connectivity index (χ1v) is 11.8. The number of carbonyl (C=O) groups excluding carboxylic acids is 2. The van der Waals surface area contributed by atoms with Crippen molar-refractivity contribution in [2.24, 2.45) is 0 Å². The zero-order chi connectivity index (χ0) is 27.0.